The lowest BCUT2D eigenvalue weighted by Gasteiger charge is -2.40. The molecule has 0 radical (unpaired) electrons. The fourth-order valence-electron chi connectivity index (χ4n) is 2.10. The summed E-state index contributed by atoms with van der Waals surface area (Å²) in [4.78, 5) is 0. The topological polar surface area (TPSA) is 38.7 Å². The summed E-state index contributed by atoms with van der Waals surface area (Å²) >= 11 is 0. The Bertz CT molecular complexity index is 429. The first-order valence-electron chi connectivity index (χ1n) is 9.67. The second-order valence-corrected chi connectivity index (χ2v) is 13.6. The Labute approximate surface area is 157 Å². The number of hydrogen-bond donors (Lipinski definition) is 1. The van der Waals surface area contributed by atoms with E-state index in [9.17, 15) is 5.11 Å². The standard InChI is InChI=1S/C21H42O3Si/c1-10-12-19(22)20(24-25(8,9)21(5,6)7)23-16-15-18(4)14-11-13-17(2)3/h13,15,19-20,22H,10-12,14,16H2,1-9H3. The molecule has 2 unspecified atom stereocenters. The van der Waals surface area contributed by atoms with Gasteiger partial charge < -0.3 is 14.3 Å². The first-order valence-corrected chi connectivity index (χ1v) is 12.6. The number of aliphatic hydroxyl groups excluding tert-OH is 1. The summed E-state index contributed by atoms with van der Waals surface area (Å²) in [5.74, 6) is 0. The summed E-state index contributed by atoms with van der Waals surface area (Å²) in [6.07, 6.45) is 6.97. The molecule has 3 nitrogen and oxygen atoms in total. The minimum atomic E-state index is -1.98. The monoisotopic (exact) mass is 370 g/mol. The van der Waals surface area contributed by atoms with E-state index >= 15 is 0 Å². The average Bonchev–Trinajstić information content (AvgIpc) is 2.44. The van der Waals surface area contributed by atoms with Gasteiger partial charge in [0.2, 0.25) is 0 Å². The van der Waals surface area contributed by atoms with Crippen LogP contribution in [0.25, 0.3) is 0 Å². The van der Waals surface area contributed by atoms with E-state index in [1.165, 1.54) is 11.1 Å². The highest BCUT2D eigenvalue weighted by atomic mass is 28.4. The third-order valence-corrected chi connectivity index (χ3v) is 9.33. The molecule has 0 rings (SSSR count). The van der Waals surface area contributed by atoms with Crippen molar-refractivity contribution in [3.05, 3.63) is 23.3 Å². The smallest absolute Gasteiger partial charge is 0.195 e. The quantitative estimate of drug-likeness (QED) is 0.267. The second kappa shape index (κ2) is 11.3. The third-order valence-electron chi connectivity index (χ3n) is 4.90. The van der Waals surface area contributed by atoms with E-state index in [4.69, 9.17) is 9.16 Å². The molecule has 4 heteroatoms. The molecule has 148 valence electrons. The van der Waals surface area contributed by atoms with Gasteiger partial charge in [-0.15, -0.1) is 0 Å². The summed E-state index contributed by atoms with van der Waals surface area (Å²) in [5, 5.41) is 10.5. The van der Waals surface area contributed by atoms with Gasteiger partial charge in [0.05, 0.1) is 6.61 Å². The van der Waals surface area contributed by atoms with Crippen LogP contribution >= 0.6 is 0 Å². The van der Waals surface area contributed by atoms with Gasteiger partial charge in [0.25, 0.3) is 0 Å². The zero-order chi connectivity index (χ0) is 19.7. The van der Waals surface area contributed by atoms with Crippen molar-refractivity contribution in [1.29, 1.82) is 0 Å². The molecule has 0 saturated heterocycles. The highest BCUT2D eigenvalue weighted by molar-refractivity contribution is 6.74. The molecule has 0 aliphatic carbocycles. The number of ether oxygens (including phenoxy) is 1. The van der Waals surface area contributed by atoms with Gasteiger partial charge in [-0.25, -0.2) is 0 Å². The Morgan fingerprint density at radius 1 is 1.12 bits per heavy atom. The number of hydrogen-bond acceptors (Lipinski definition) is 3. The molecule has 0 spiro atoms. The van der Waals surface area contributed by atoms with Crippen molar-refractivity contribution in [1.82, 2.24) is 0 Å². The van der Waals surface area contributed by atoms with Crippen molar-refractivity contribution in [3.63, 3.8) is 0 Å². The summed E-state index contributed by atoms with van der Waals surface area (Å²) < 4.78 is 12.3. The molecule has 2 atom stereocenters. The lowest BCUT2D eigenvalue weighted by Crippen LogP contribution is -2.48. The van der Waals surface area contributed by atoms with Crippen LogP contribution in [0.5, 0.6) is 0 Å². The predicted molar refractivity (Wildman–Crippen MR) is 111 cm³/mol. The fraction of sp³-hybridized carbons (Fsp3) is 0.810. The van der Waals surface area contributed by atoms with Gasteiger partial charge in [-0.05, 0) is 58.2 Å². The normalized spacial score (nSPS) is 15.8. The summed E-state index contributed by atoms with van der Waals surface area (Å²) in [6.45, 7) is 19.9. The lowest BCUT2D eigenvalue weighted by atomic mass is 10.1. The minimum absolute atomic E-state index is 0.0939. The number of rotatable bonds is 11. The van der Waals surface area contributed by atoms with E-state index in [0.29, 0.717) is 13.0 Å². The zero-order valence-corrected chi connectivity index (χ0v) is 19.1. The van der Waals surface area contributed by atoms with Crippen LogP contribution in [0.1, 0.15) is 74.1 Å². The van der Waals surface area contributed by atoms with Crippen molar-refractivity contribution in [2.75, 3.05) is 6.61 Å². The Balaban J connectivity index is 4.78. The lowest BCUT2D eigenvalue weighted by molar-refractivity contribution is -0.146. The molecule has 0 bridgehead atoms. The largest absolute Gasteiger partial charge is 0.390 e. The maximum absolute atomic E-state index is 10.4. The second-order valence-electron chi connectivity index (χ2n) is 8.81. The number of allylic oxidation sites excluding steroid dienone is 3. The van der Waals surface area contributed by atoms with Crippen LogP contribution in [0.2, 0.25) is 18.1 Å². The molecule has 0 aromatic rings. The maximum Gasteiger partial charge on any atom is 0.195 e. The van der Waals surface area contributed by atoms with Crippen LogP contribution in [0.15, 0.2) is 23.3 Å². The van der Waals surface area contributed by atoms with E-state index in [1.807, 2.05) is 0 Å². The predicted octanol–water partition coefficient (Wildman–Crippen LogP) is 6.20. The van der Waals surface area contributed by atoms with Crippen LogP contribution < -0.4 is 0 Å². The van der Waals surface area contributed by atoms with E-state index in [-0.39, 0.29) is 5.04 Å². The summed E-state index contributed by atoms with van der Waals surface area (Å²) in [7, 11) is -1.98. The first kappa shape index (κ1) is 24.6. The molecule has 0 saturated carbocycles. The molecular formula is C21H42O3Si. The van der Waals surface area contributed by atoms with Gasteiger partial charge in [0.15, 0.2) is 14.6 Å². The zero-order valence-electron chi connectivity index (χ0n) is 18.1. The van der Waals surface area contributed by atoms with Crippen molar-refractivity contribution in [2.24, 2.45) is 0 Å². The van der Waals surface area contributed by atoms with Crippen molar-refractivity contribution < 1.29 is 14.3 Å². The molecule has 0 heterocycles. The molecule has 0 aliphatic rings. The average molecular weight is 371 g/mol. The molecule has 0 aromatic carbocycles. The van der Waals surface area contributed by atoms with Crippen LogP contribution in [0, 0.1) is 0 Å². The maximum atomic E-state index is 10.4. The first-order chi connectivity index (χ1) is 11.4. The molecule has 0 fully saturated rings. The Morgan fingerprint density at radius 3 is 2.20 bits per heavy atom. The Morgan fingerprint density at radius 2 is 1.72 bits per heavy atom. The third kappa shape index (κ3) is 10.3. The van der Waals surface area contributed by atoms with Gasteiger partial charge >= 0.3 is 0 Å². The summed E-state index contributed by atoms with van der Waals surface area (Å²) in [5.41, 5.74) is 2.67. The molecule has 0 amide bonds. The van der Waals surface area contributed by atoms with Crippen LogP contribution in [-0.2, 0) is 9.16 Å². The molecule has 0 aromatic heterocycles. The van der Waals surface area contributed by atoms with Gasteiger partial charge in [-0.3, -0.25) is 0 Å². The highest BCUT2D eigenvalue weighted by Gasteiger charge is 2.40. The van der Waals surface area contributed by atoms with Crippen molar-refractivity contribution in [3.8, 4) is 0 Å². The Hall–Kier alpha value is -0.423. The number of aliphatic hydroxyl groups is 1. The Kier molecular flexibility index (Phi) is 11.1. The van der Waals surface area contributed by atoms with Gasteiger partial charge in [-0.2, -0.15) is 0 Å². The van der Waals surface area contributed by atoms with Gasteiger partial charge in [0, 0.05) is 0 Å². The highest BCUT2D eigenvalue weighted by Crippen LogP contribution is 2.38. The molecule has 0 aliphatic heterocycles. The van der Waals surface area contributed by atoms with E-state index in [2.05, 4.69) is 73.7 Å². The minimum Gasteiger partial charge on any atom is -0.390 e. The summed E-state index contributed by atoms with van der Waals surface area (Å²) in [6, 6.07) is 0. The van der Waals surface area contributed by atoms with Crippen molar-refractivity contribution in [2.45, 2.75) is 105 Å². The fourth-order valence-corrected chi connectivity index (χ4v) is 3.26. The van der Waals surface area contributed by atoms with Crippen LogP contribution in [0.3, 0.4) is 0 Å². The molecule has 25 heavy (non-hydrogen) atoms. The SMILES string of the molecule is CCCC(O)C(OCC=C(C)CCC=C(C)C)O[Si](C)(C)C(C)(C)C. The van der Waals surface area contributed by atoms with E-state index in [1.54, 1.807) is 0 Å². The van der Waals surface area contributed by atoms with Crippen LogP contribution in [-0.4, -0.2) is 32.4 Å². The van der Waals surface area contributed by atoms with Gasteiger partial charge in [-0.1, -0.05) is 57.4 Å². The van der Waals surface area contributed by atoms with E-state index < -0.39 is 20.7 Å². The van der Waals surface area contributed by atoms with Crippen molar-refractivity contribution >= 4 is 8.32 Å². The van der Waals surface area contributed by atoms with Gasteiger partial charge in [0.1, 0.15) is 6.10 Å². The van der Waals surface area contributed by atoms with Crippen LogP contribution in [0.4, 0.5) is 0 Å². The molecular weight excluding hydrogens is 328 g/mol. The molecule has 1 N–H and O–H groups in total. The van der Waals surface area contributed by atoms with E-state index in [0.717, 1.165) is 19.3 Å².